The van der Waals surface area contributed by atoms with Gasteiger partial charge in [-0.2, -0.15) is 11.8 Å². The zero-order chi connectivity index (χ0) is 7.68. The minimum atomic E-state index is 0.681. The van der Waals surface area contributed by atoms with E-state index in [4.69, 9.17) is 0 Å². The Morgan fingerprint density at radius 1 is 1.73 bits per heavy atom. The van der Waals surface area contributed by atoms with E-state index in [0.29, 0.717) is 5.92 Å². The van der Waals surface area contributed by atoms with E-state index in [2.05, 4.69) is 42.6 Å². The molecule has 2 unspecified atom stereocenters. The highest BCUT2D eigenvalue weighted by molar-refractivity contribution is 8.07. The Hall–Kier alpha value is -0.390. The van der Waals surface area contributed by atoms with Crippen LogP contribution in [0.15, 0.2) is 29.5 Å². The topological polar surface area (TPSA) is 0 Å². The van der Waals surface area contributed by atoms with Gasteiger partial charge in [0.05, 0.1) is 0 Å². The lowest BCUT2D eigenvalue weighted by Gasteiger charge is -2.09. The van der Waals surface area contributed by atoms with Crippen LogP contribution in [0.25, 0.3) is 0 Å². The largest absolute Gasteiger partial charge is 0.152 e. The van der Waals surface area contributed by atoms with Crippen molar-refractivity contribution in [3.8, 4) is 0 Å². The van der Waals surface area contributed by atoms with Crippen molar-refractivity contribution >= 4 is 11.8 Å². The summed E-state index contributed by atoms with van der Waals surface area (Å²) < 4.78 is 0. The summed E-state index contributed by atoms with van der Waals surface area (Å²) in [4.78, 5) is 0. The predicted octanol–water partition coefficient (Wildman–Crippen LogP) is 2.78. The van der Waals surface area contributed by atoms with E-state index in [0.717, 1.165) is 5.25 Å². The van der Waals surface area contributed by atoms with Crippen molar-refractivity contribution in [2.45, 2.75) is 18.6 Å². The second kappa shape index (κ2) is 2.92. The molecule has 0 N–H and O–H groups in total. The fourth-order valence-corrected chi connectivity index (χ4v) is 2.35. The lowest BCUT2D eigenvalue weighted by atomic mass is 9.96. The normalized spacial score (nSPS) is 34.8. The molecular weight excluding hydrogens is 152 g/mol. The molecule has 0 saturated carbocycles. The van der Waals surface area contributed by atoms with Gasteiger partial charge in [-0.25, -0.2) is 0 Å². The van der Waals surface area contributed by atoms with Crippen LogP contribution in [-0.2, 0) is 0 Å². The summed E-state index contributed by atoms with van der Waals surface area (Å²) in [5, 5.41) is 0.842. The molecule has 1 fully saturated rings. The maximum absolute atomic E-state index is 3.17. The van der Waals surface area contributed by atoms with Gasteiger partial charge in [0.1, 0.15) is 0 Å². The molecular formula is C10H12S. The summed E-state index contributed by atoms with van der Waals surface area (Å²) >= 11 is 2.06. The molecule has 1 saturated heterocycles. The highest BCUT2D eigenvalue weighted by Crippen LogP contribution is 2.41. The van der Waals surface area contributed by atoms with Crippen LogP contribution >= 0.6 is 11.8 Å². The minimum absolute atomic E-state index is 0.681. The highest BCUT2D eigenvalue weighted by Gasteiger charge is 2.30. The second-order valence-corrected chi connectivity index (χ2v) is 4.23. The van der Waals surface area contributed by atoms with Crippen molar-refractivity contribution in [2.75, 3.05) is 5.75 Å². The Morgan fingerprint density at radius 2 is 2.55 bits per heavy atom. The van der Waals surface area contributed by atoms with Gasteiger partial charge in [0.25, 0.3) is 0 Å². The van der Waals surface area contributed by atoms with Crippen molar-refractivity contribution in [3.05, 3.63) is 29.5 Å². The SMILES string of the molecule is C/C=C(/C1C=C=CC1)C1CS1. The maximum Gasteiger partial charge on any atom is 0.0353 e. The van der Waals surface area contributed by atoms with Gasteiger partial charge in [0.15, 0.2) is 0 Å². The van der Waals surface area contributed by atoms with Crippen molar-refractivity contribution in [1.82, 2.24) is 0 Å². The summed E-state index contributed by atoms with van der Waals surface area (Å²) in [5.41, 5.74) is 4.79. The molecule has 1 heterocycles. The monoisotopic (exact) mass is 164 g/mol. The van der Waals surface area contributed by atoms with Gasteiger partial charge in [-0.15, -0.1) is 5.73 Å². The van der Waals surface area contributed by atoms with Crippen LogP contribution in [-0.4, -0.2) is 11.0 Å². The molecule has 1 heteroatoms. The van der Waals surface area contributed by atoms with Crippen LogP contribution < -0.4 is 0 Å². The number of rotatable bonds is 2. The van der Waals surface area contributed by atoms with E-state index in [1.807, 2.05) is 0 Å². The number of allylic oxidation sites excluding steroid dienone is 2. The lowest BCUT2D eigenvalue weighted by Crippen LogP contribution is -2.02. The number of hydrogen-bond donors (Lipinski definition) is 0. The van der Waals surface area contributed by atoms with Gasteiger partial charge < -0.3 is 0 Å². The molecule has 0 aromatic rings. The molecule has 0 amide bonds. The van der Waals surface area contributed by atoms with Gasteiger partial charge >= 0.3 is 0 Å². The minimum Gasteiger partial charge on any atom is -0.152 e. The van der Waals surface area contributed by atoms with Crippen molar-refractivity contribution in [3.63, 3.8) is 0 Å². The Morgan fingerprint density at radius 3 is 3.00 bits per heavy atom. The highest BCUT2D eigenvalue weighted by atomic mass is 32.2. The quantitative estimate of drug-likeness (QED) is 0.343. The average Bonchev–Trinajstić information content (AvgIpc) is 2.68. The lowest BCUT2D eigenvalue weighted by molar-refractivity contribution is 0.776. The summed E-state index contributed by atoms with van der Waals surface area (Å²) in [5.74, 6) is 2.02. The summed E-state index contributed by atoms with van der Waals surface area (Å²) in [6.07, 6.45) is 7.80. The molecule has 2 atom stereocenters. The molecule has 0 spiro atoms. The molecule has 0 radical (unpaired) electrons. The van der Waals surface area contributed by atoms with Gasteiger partial charge in [0.2, 0.25) is 0 Å². The third-order valence-electron chi connectivity index (χ3n) is 2.25. The fourth-order valence-electron chi connectivity index (χ4n) is 1.56. The van der Waals surface area contributed by atoms with E-state index in [-0.39, 0.29) is 0 Å². The Kier molecular flexibility index (Phi) is 1.93. The van der Waals surface area contributed by atoms with E-state index >= 15 is 0 Å². The Bertz CT molecular complexity index is 240. The average molecular weight is 164 g/mol. The van der Waals surface area contributed by atoms with Crippen LogP contribution in [0.5, 0.6) is 0 Å². The first-order chi connectivity index (χ1) is 5.42. The van der Waals surface area contributed by atoms with Crippen molar-refractivity contribution in [1.29, 1.82) is 0 Å². The van der Waals surface area contributed by atoms with Crippen LogP contribution in [0.1, 0.15) is 13.3 Å². The first-order valence-corrected chi connectivity index (χ1v) is 5.15. The van der Waals surface area contributed by atoms with Gasteiger partial charge in [-0.1, -0.05) is 11.6 Å². The first kappa shape index (κ1) is 7.27. The first-order valence-electron chi connectivity index (χ1n) is 4.10. The van der Waals surface area contributed by atoms with Crippen LogP contribution in [0.2, 0.25) is 0 Å². The zero-order valence-electron chi connectivity index (χ0n) is 6.71. The summed E-state index contributed by atoms with van der Waals surface area (Å²) in [6.45, 7) is 2.15. The van der Waals surface area contributed by atoms with Gasteiger partial charge in [-0.05, 0) is 25.5 Å². The second-order valence-electron chi connectivity index (χ2n) is 2.99. The summed E-state index contributed by atoms with van der Waals surface area (Å²) in [7, 11) is 0. The molecule has 0 nitrogen and oxygen atoms in total. The van der Waals surface area contributed by atoms with E-state index < -0.39 is 0 Å². The summed E-state index contributed by atoms with van der Waals surface area (Å²) in [6, 6.07) is 0. The van der Waals surface area contributed by atoms with Crippen LogP contribution in [0.4, 0.5) is 0 Å². The third-order valence-corrected chi connectivity index (χ3v) is 3.19. The Labute approximate surface area is 72.1 Å². The van der Waals surface area contributed by atoms with Crippen molar-refractivity contribution < 1.29 is 0 Å². The molecule has 2 aliphatic rings. The molecule has 0 bridgehead atoms. The molecule has 58 valence electrons. The van der Waals surface area contributed by atoms with Gasteiger partial charge in [-0.3, -0.25) is 0 Å². The van der Waals surface area contributed by atoms with Crippen LogP contribution in [0, 0.1) is 5.92 Å². The standard InChI is InChI=1S/C10H12S/c1-2-9(10-7-11-10)8-5-3-4-6-8/h2-3,6,8,10H,5,7H2,1H3/b9-2-. The smallest absolute Gasteiger partial charge is 0.0353 e. The predicted molar refractivity (Wildman–Crippen MR) is 50.8 cm³/mol. The molecule has 2 rings (SSSR count). The number of hydrogen-bond acceptors (Lipinski definition) is 1. The maximum atomic E-state index is 3.17. The fraction of sp³-hybridized carbons (Fsp3) is 0.500. The Balaban J connectivity index is 2.06. The zero-order valence-corrected chi connectivity index (χ0v) is 7.53. The van der Waals surface area contributed by atoms with Gasteiger partial charge in [0, 0.05) is 16.9 Å². The molecule has 0 aromatic carbocycles. The third kappa shape index (κ3) is 1.45. The molecule has 11 heavy (non-hydrogen) atoms. The van der Waals surface area contributed by atoms with Crippen molar-refractivity contribution in [2.24, 2.45) is 5.92 Å². The molecule has 0 aromatic heterocycles. The molecule has 1 aliphatic carbocycles. The number of thioether (sulfide) groups is 1. The molecule has 1 aliphatic heterocycles. The van der Waals surface area contributed by atoms with E-state index in [9.17, 15) is 0 Å². The van der Waals surface area contributed by atoms with Crippen LogP contribution in [0.3, 0.4) is 0 Å². The van der Waals surface area contributed by atoms with E-state index in [1.165, 1.54) is 12.2 Å². The van der Waals surface area contributed by atoms with E-state index in [1.54, 1.807) is 5.57 Å².